The Morgan fingerprint density at radius 1 is 1.33 bits per heavy atom. The molecule has 1 amide bonds. The molecule has 30 heavy (non-hydrogen) atoms. The van der Waals surface area contributed by atoms with Crippen LogP contribution in [0.4, 0.5) is 11.5 Å². The molecule has 0 aliphatic heterocycles. The number of rotatable bonds is 9. The van der Waals surface area contributed by atoms with Gasteiger partial charge in [-0.3, -0.25) is 19.1 Å². The number of aryl methyl sites for hydroxylation is 1. The van der Waals surface area contributed by atoms with Crippen LogP contribution in [0.25, 0.3) is 0 Å². The average Bonchev–Trinajstić information content (AvgIpc) is 3.40. The lowest BCUT2D eigenvalue weighted by molar-refractivity contribution is -0.116. The van der Waals surface area contributed by atoms with Gasteiger partial charge in [0.25, 0.3) is 5.56 Å². The smallest absolute Gasteiger partial charge is 0.330 e. The Hall–Kier alpha value is -2.56. The lowest BCUT2D eigenvalue weighted by atomic mass is 10.2. The van der Waals surface area contributed by atoms with Gasteiger partial charge in [-0.05, 0) is 26.2 Å². The summed E-state index contributed by atoms with van der Waals surface area (Å²) in [5.41, 5.74) is 5.21. The van der Waals surface area contributed by atoms with Gasteiger partial charge in [0.15, 0.2) is 10.8 Å². The minimum Gasteiger partial charge on any atom is -0.383 e. The second-order valence-corrected chi connectivity index (χ2v) is 8.33. The second kappa shape index (κ2) is 9.96. The lowest BCUT2D eigenvalue weighted by Gasteiger charge is -2.29. The summed E-state index contributed by atoms with van der Waals surface area (Å²) >= 11 is 1.28. The summed E-state index contributed by atoms with van der Waals surface area (Å²) < 4.78 is 3.21. The summed E-state index contributed by atoms with van der Waals surface area (Å²) in [6, 6.07) is -0.109. The molecule has 0 aromatic carbocycles. The van der Waals surface area contributed by atoms with Gasteiger partial charge in [-0.1, -0.05) is 37.9 Å². The first-order chi connectivity index (χ1) is 14.5. The highest BCUT2D eigenvalue weighted by Gasteiger charge is 2.32. The number of hydrogen-bond acceptors (Lipinski definition) is 7. The Bertz CT molecular complexity index is 991. The molecule has 10 nitrogen and oxygen atoms in total. The fourth-order valence-corrected chi connectivity index (χ4v) is 4.63. The normalized spacial score (nSPS) is 14.3. The fourth-order valence-electron chi connectivity index (χ4n) is 3.79. The second-order valence-electron chi connectivity index (χ2n) is 7.39. The molecule has 0 bridgehead atoms. The number of amides is 1. The molecule has 3 N–H and O–H groups in total. The Kier molecular flexibility index (Phi) is 7.35. The predicted molar refractivity (Wildman–Crippen MR) is 117 cm³/mol. The molecule has 0 unspecified atom stereocenters. The van der Waals surface area contributed by atoms with Crippen molar-refractivity contribution in [1.82, 2.24) is 24.3 Å². The number of thioether (sulfide) groups is 1. The van der Waals surface area contributed by atoms with E-state index in [4.69, 9.17) is 5.73 Å². The number of aromatic nitrogens is 5. The molecule has 2 heterocycles. The van der Waals surface area contributed by atoms with Crippen molar-refractivity contribution in [2.75, 3.05) is 16.4 Å². The maximum Gasteiger partial charge on any atom is 0.330 e. The largest absolute Gasteiger partial charge is 0.383 e. The van der Waals surface area contributed by atoms with E-state index >= 15 is 0 Å². The minimum absolute atomic E-state index is 0.0548. The SMILES string of the molecule is CCCCn1c(N)c(N(C(=O)CSc2nncn2CC)C2CCCC2)c(=O)[nH]c1=O. The van der Waals surface area contributed by atoms with Crippen molar-refractivity contribution in [3.05, 3.63) is 27.2 Å². The standard InChI is InChI=1S/C19H29N7O3S/c1-3-5-10-25-16(20)15(17(28)22-18(25)29)26(13-8-6-7-9-13)14(27)11-30-19-23-21-12-24(19)4-2/h12-13H,3-11,20H2,1-2H3,(H,22,28,29). The summed E-state index contributed by atoms with van der Waals surface area (Å²) in [4.78, 5) is 42.2. The van der Waals surface area contributed by atoms with E-state index in [2.05, 4.69) is 15.2 Å². The van der Waals surface area contributed by atoms with E-state index in [-0.39, 0.29) is 29.2 Å². The molecule has 1 aliphatic rings. The van der Waals surface area contributed by atoms with Crippen LogP contribution in [0.1, 0.15) is 52.4 Å². The number of nitrogens with two attached hydrogens (primary N) is 1. The van der Waals surface area contributed by atoms with Gasteiger partial charge >= 0.3 is 5.69 Å². The van der Waals surface area contributed by atoms with E-state index in [1.807, 2.05) is 18.4 Å². The summed E-state index contributed by atoms with van der Waals surface area (Å²) in [6.07, 6.45) is 6.81. The van der Waals surface area contributed by atoms with Gasteiger partial charge in [-0.2, -0.15) is 0 Å². The van der Waals surface area contributed by atoms with Crippen molar-refractivity contribution in [2.45, 2.75) is 76.7 Å². The molecule has 0 atom stereocenters. The zero-order valence-electron chi connectivity index (χ0n) is 17.5. The summed E-state index contributed by atoms with van der Waals surface area (Å²) in [5, 5.41) is 8.58. The average molecular weight is 436 g/mol. The van der Waals surface area contributed by atoms with Gasteiger partial charge in [-0.15, -0.1) is 10.2 Å². The molecule has 0 radical (unpaired) electrons. The van der Waals surface area contributed by atoms with Crippen LogP contribution in [-0.2, 0) is 17.9 Å². The summed E-state index contributed by atoms with van der Waals surface area (Å²) in [7, 11) is 0. The topological polar surface area (TPSA) is 132 Å². The first-order valence-corrected chi connectivity index (χ1v) is 11.4. The molecule has 0 saturated heterocycles. The number of unbranched alkanes of at least 4 members (excludes halogenated alkanes) is 1. The Morgan fingerprint density at radius 2 is 2.07 bits per heavy atom. The highest BCUT2D eigenvalue weighted by Crippen LogP contribution is 2.30. The lowest BCUT2D eigenvalue weighted by Crippen LogP contribution is -2.46. The first kappa shape index (κ1) is 22.1. The highest BCUT2D eigenvalue weighted by atomic mass is 32.2. The third kappa shape index (κ3) is 4.61. The van der Waals surface area contributed by atoms with Crippen LogP contribution in [0, 0.1) is 0 Å². The molecule has 2 aromatic rings. The van der Waals surface area contributed by atoms with E-state index in [9.17, 15) is 14.4 Å². The molecule has 11 heteroatoms. The minimum atomic E-state index is -0.618. The zero-order valence-corrected chi connectivity index (χ0v) is 18.3. The number of aromatic amines is 1. The molecular weight excluding hydrogens is 406 g/mol. The Balaban J connectivity index is 1.95. The van der Waals surface area contributed by atoms with Crippen LogP contribution in [0.15, 0.2) is 21.1 Å². The first-order valence-electron chi connectivity index (χ1n) is 10.4. The Morgan fingerprint density at radius 3 is 2.73 bits per heavy atom. The third-order valence-corrected chi connectivity index (χ3v) is 6.36. The third-order valence-electron chi connectivity index (χ3n) is 5.39. The number of anilines is 2. The number of H-pyrrole nitrogens is 1. The number of nitrogens with zero attached hydrogens (tertiary/aromatic N) is 5. The maximum atomic E-state index is 13.3. The molecule has 1 fully saturated rings. The molecular formula is C19H29N7O3S. The monoisotopic (exact) mass is 435 g/mol. The molecule has 0 spiro atoms. The van der Waals surface area contributed by atoms with E-state index in [0.717, 1.165) is 38.5 Å². The zero-order chi connectivity index (χ0) is 21.7. The number of carbonyl (C=O) groups excluding carboxylic acids is 1. The molecule has 1 saturated carbocycles. The van der Waals surface area contributed by atoms with E-state index in [0.29, 0.717) is 18.2 Å². The van der Waals surface area contributed by atoms with Gasteiger partial charge in [0.1, 0.15) is 12.1 Å². The molecule has 1 aliphatic carbocycles. The van der Waals surface area contributed by atoms with Crippen molar-refractivity contribution < 1.29 is 4.79 Å². The van der Waals surface area contributed by atoms with Crippen LogP contribution in [0.2, 0.25) is 0 Å². The fraction of sp³-hybridized carbons (Fsp3) is 0.632. The van der Waals surface area contributed by atoms with Crippen molar-refractivity contribution in [3.8, 4) is 0 Å². The van der Waals surface area contributed by atoms with Crippen molar-refractivity contribution in [2.24, 2.45) is 0 Å². The maximum absolute atomic E-state index is 13.3. The quantitative estimate of drug-likeness (QED) is 0.572. The van der Waals surface area contributed by atoms with E-state index < -0.39 is 11.2 Å². The van der Waals surface area contributed by atoms with Gasteiger partial charge in [-0.25, -0.2) is 4.79 Å². The van der Waals surface area contributed by atoms with Gasteiger partial charge < -0.3 is 15.2 Å². The summed E-state index contributed by atoms with van der Waals surface area (Å²) in [6.45, 7) is 5.07. The predicted octanol–water partition coefficient (Wildman–Crippen LogP) is 1.60. The molecule has 3 rings (SSSR count). The van der Waals surface area contributed by atoms with Crippen molar-refractivity contribution >= 4 is 29.2 Å². The van der Waals surface area contributed by atoms with Crippen LogP contribution >= 0.6 is 11.8 Å². The highest BCUT2D eigenvalue weighted by molar-refractivity contribution is 7.99. The van der Waals surface area contributed by atoms with E-state index in [1.165, 1.54) is 21.2 Å². The van der Waals surface area contributed by atoms with Gasteiger partial charge in [0, 0.05) is 19.1 Å². The van der Waals surface area contributed by atoms with Crippen LogP contribution in [-0.4, -0.2) is 42.0 Å². The van der Waals surface area contributed by atoms with Crippen LogP contribution < -0.4 is 21.9 Å². The van der Waals surface area contributed by atoms with Crippen LogP contribution in [0.3, 0.4) is 0 Å². The molecule has 2 aromatic heterocycles. The number of hydrogen-bond donors (Lipinski definition) is 2. The summed E-state index contributed by atoms with van der Waals surface area (Å²) in [5.74, 6) is -0.0723. The van der Waals surface area contributed by atoms with Gasteiger partial charge in [0.2, 0.25) is 5.91 Å². The number of carbonyl (C=O) groups is 1. The molecule has 164 valence electrons. The van der Waals surface area contributed by atoms with Crippen molar-refractivity contribution in [3.63, 3.8) is 0 Å². The number of nitrogen functional groups attached to an aromatic ring is 1. The van der Waals surface area contributed by atoms with Crippen molar-refractivity contribution in [1.29, 1.82) is 0 Å². The van der Waals surface area contributed by atoms with Gasteiger partial charge in [0.05, 0.1) is 5.75 Å². The Labute approximate surface area is 178 Å². The number of nitrogens with one attached hydrogen (secondary N) is 1. The van der Waals surface area contributed by atoms with Crippen LogP contribution in [0.5, 0.6) is 0 Å². The van der Waals surface area contributed by atoms with E-state index in [1.54, 1.807) is 6.33 Å².